The van der Waals surface area contributed by atoms with Crippen LogP contribution >= 0.6 is 11.8 Å². The number of para-hydroxylation sites is 2. The molecule has 4 nitrogen and oxygen atoms in total. The van der Waals surface area contributed by atoms with Crippen molar-refractivity contribution in [2.75, 3.05) is 12.4 Å². The molecule has 0 aliphatic rings. The molecule has 5 heteroatoms. The van der Waals surface area contributed by atoms with Gasteiger partial charge in [-0.15, -0.1) is 0 Å². The first-order valence-corrected chi connectivity index (χ1v) is 16.0. The summed E-state index contributed by atoms with van der Waals surface area (Å²) in [4.78, 5) is 19.6. The molecule has 2 aromatic rings. The Morgan fingerprint density at radius 1 is 0.722 bits per heavy atom. The zero-order chi connectivity index (χ0) is 25.5. The molecule has 0 saturated carbocycles. The minimum absolute atomic E-state index is 0.154. The molecule has 0 fully saturated rings. The van der Waals surface area contributed by atoms with Crippen LogP contribution in [0.25, 0.3) is 11.0 Å². The standard InChI is InChI=1S/C31H52N2O2S/c1-2-3-4-5-6-7-8-9-10-11-12-13-14-15-16-17-18-19-20-23-26-35-30(34)27-36-31-32-28-24-21-22-25-29(28)33-31/h21-22,24-25H,2-20,23,26-27H2,1H3,(H,32,33). The Bertz CT molecular complexity index is 759. The van der Waals surface area contributed by atoms with Crippen LogP contribution in [0.4, 0.5) is 0 Å². The Labute approximate surface area is 225 Å². The fraction of sp³-hybridized carbons (Fsp3) is 0.742. The average molecular weight is 517 g/mol. The molecule has 1 aromatic heterocycles. The highest BCUT2D eigenvalue weighted by Crippen LogP contribution is 2.19. The molecule has 36 heavy (non-hydrogen) atoms. The molecule has 0 atom stereocenters. The smallest absolute Gasteiger partial charge is 0.316 e. The van der Waals surface area contributed by atoms with Gasteiger partial charge in [-0.3, -0.25) is 4.79 Å². The van der Waals surface area contributed by atoms with Gasteiger partial charge in [-0.2, -0.15) is 0 Å². The highest BCUT2D eigenvalue weighted by molar-refractivity contribution is 7.99. The lowest BCUT2D eigenvalue weighted by atomic mass is 10.0. The second-order valence-corrected chi connectivity index (χ2v) is 11.2. The number of esters is 1. The van der Waals surface area contributed by atoms with Gasteiger partial charge in [0.05, 0.1) is 23.4 Å². The molecule has 1 N–H and O–H groups in total. The van der Waals surface area contributed by atoms with E-state index in [-0.39, 0.29) is 5.97 Å². The second-order valence-electron chi connectivity index (χ2n) is 10.3. The Morgan fingerprint density at radius 3 is 1.69 bits per heavy atom. The van der Waals surface area contributed by atoms with Crippen LogP contribution in [0.1, 0.15) is 135 Å². The number of hydrogen-bond donors (Lipinski definition) is 1. The number of rotatable bonds is 24. The summed E-state index contributed by atoms with van der Waals surface area (Å²) in [5.41, 5.74) is 1.93. The van der Waals surface area contributed by atoms with Crippen molar-refractivity contribution >= 4 is 28.8 Å². The quantitative estimate of drug-likeness (QED) is 0.0856. The van der Waals surface area contributed by atoms with E-state index in [0.717, 1.165) is 29.0 Å². The van der Waals surface area contributed by atoms with Gasteiger partial charge >= 0.3 is 5.97 Å². The van der Waals surface area contributed by atoms with Crippen LogP contribution in [0.3, 0.4) is 0 Å². The van der Waals surface area contributed by atoms with E-state index in [9.17, 15) is 4.79 Å². The summed E-state index contributed by atoms with van der Waals surface area (Å²) in [5.74, 6) is 0.150. The van der Waals surface area contributed by atoms with E-state index in [0.29, 0.717) is 12.4 Å². The van der Waals surface area contributed by atoms with E-state index < -0.39 is 0 Å². The van der Waals surface area contributed by atoms with Crippen molar-refractivity contribution in [1.82, 2.24) is 9.97 Å². The van der Waals surface area contributed by atoms with Crippen LogP contribution < -0.4 is 0 Å². The topological polar surface area (TPSA) is 55.0 Å². The maximum absolute atomic E-state index is 11.9. The van der Waals surface area contributed by atoms with Crippen molar-refractivity contribution in [3.05, 3.63) is 24.3 Å². The van der Waals surface area contributed by atoms with Gasteiger partial charge in [0.15, 0.2) is 5.16 Å². The fourth-order valence-corrected chi connectivity index (χ4v) is 5.39. The Hall–Kier alpha value is -1.49. The molecule has 0 amide bonds. The van der Waals surface area contributed by atoms with Crippen LogP contribution in [-0.4, -0.2) is 28.3 Å². The molecule has 0 radical (unpaired) electrons. The van der Waals surface area contributed by atoms with Gasteiger partial charge in [-0.05, 0) is 18.6 Å². The molecule has 0 saturated heterocycles. The van der Waals surface area contributed by atoms with Gasteiger partial charge in [0.25, 0.3) is 0 Å². The zero-order valence-corrected chi connectivity index (χ0v) is 23.9. The third-order valence-corrected chi connectivity index (χ3v) is 7.80. The van der Waals surface area contributed by atoms with Gasteiger partial charge in [0, 0.05) is 0 Å². The SMILES string of the molecule is CCCCCCCCCCCCCCCCCCCCCCOC(=O)CSc1nc2ccccc2[nH]1. The Morgan fingerprint density at radius 2 is 1.19 bits per heavy atom. The van der Waals surface area contributed by atoms with Crippen LogP contribution in [0.15, 0.2) is 29.4 Å². The van der Waals surface area contributed by atoms with E-state index in [2.05, 4.69) is 16.9 Å². The normalized spacial score (nSPS) is 11.4. The van der Waals surface area contributed by atoms with E-state index in [1.807, 2.05) is 24.3 Å². The summed E-state index contributed by atoms with van der Waals surface area (Å²) in [7, 11) is 0. The number of imidazole rings is 1. The first kappa shape index (κ1) is 30.7. The zero-order valence-electron chi connectivity index (χ0n) is 23.0. The molecule has 0 spiro atoms. The molecule has 0 aliphatic heterocycles. The number of unbranched alkanes of at least 4 members (excludes halogenated alkanes) is 19. The molecular weight excluding hydrogens is 464 g/mol. The van der Waals surface area contributed by atoms with Crippen molar-refractivity contribution in [2.45, 2.75) is 140 Å². The lowest BCUT2D eigenvalue weighted by Crippen LogP contribution is -2.08. The molecule has 0 bridgehead atoms. The number of nitrogens with zero attached hydrogens (tertiary/aromatic N) is 1. The van der Waals surface area contributed by atoms with Crippen LogP contribution in [0.5, 0.6) is 0 Å². The summed E-state index contributed by atoms with van der Waals surface area (Å²) in [5, 5.41) is 0.770. The van der Waals surface area contributed by atoms with Crippen molar-refractivity contribution in [1.29, 1.82) is 0 Å². The minimum Gasteiger partial charge on any atom is -0.465 e. The molecular formula is C31H52N2O2S. The van der Waals surface area contributed by atoms with Gasteiger partial charge in [0.2, 0.25) is 0 Å². The van der Waals surface area contributed by atoms with Gasteiger partial charge < -0.3 is 9.72 Å². The first-order valence-electron chi connectivity index (χ1n) is 15.0. The Kier molecular flexibility index (Phi) is 18.4. The molecule has 2 rings (SSSR count). The number of carbonyl (C=O) groups excluding carboxylic acids is 1. The van der Waals surface area contributed by atoms with Crippen molar-refractivity contribution in [3.63, 3.8) is 0 Å². The van der Waals surface area contributed by atoms with Gasteiger partial charge in [-0.25, -0.2) is 4.98 Å². The monoisotopic (exact) mass is 516 g/mol. The van der Waals surface area contributed by atoms with Crippen molar-refractivity contribution < 1.29 is 9.53 Å². The fourth-order valence-electron chi connectivity index (χ4n) is 4.71. The number of carbonyl (C=O) groups is 1. The maximum Gasteiger partial charge on any atom is 0.316 e. The van der Waals surface area contributed by atoms with Gasteiger partial charge in [-0.1, -0.05) is 153 Å². The number of benzene rings is 1. The largest absolute Gasteiger partial charge is 0.465 e. The molecule has 0 aliphatic carbocycles. The summed E-state index contributed by atoms with van der Waals surface area (Å²) in [6.45, 7) is 2.83. The third kappa shape index (κ3) is 15.6. The molecule has 0 unspecified atom stereocenters. The average Bonchev–Trinajstić information content (AvgIpc) is 3.31. The number of hydrogen-bond acceptors (Lipinski definition) is 4. The Balaban J connectivity index is 1.26. The number of aromatic amines is 1. The number of ether oxygens (including phenoxy) is 1. The van der Waals surface area contributed by atoms with Crippen LogP contribution in [-0.2, 0) is 9.53 Å². The van der Waals surface area contributed by atoms with Gasteiger partial charge in [0.1, 0.15) is 0 Å². The van der Waals surface area contributed by atoms with E-state index in [1.165, 1.54) is 127 Å². The number of H-pyrrole nitrogens is 1. The predicted octanol–water partition coefficient (Wildman–Crippen LogP) is 10.0. The van der Waals surface area contributed by atoms with Crippen LogP contribution in [0, 0.1) is 0 Å². The minimum atomic E-state index is -0.154. The van der Waals surface area contributed by atoms with E-state index in [1.54, 1.807) is 0 Å². The first-order chi connectivity index (χ1) is 17.8. The number of aromatic nitrogens is 2. The summed E-state index contributed by atoms with van der Waals surface area (Å²) in [6, 6.07) is 7.90. The highest BCUT2D eigenvalue weighted by atomic mass is 32.2. The number of nitrogens with one attached hydrogen (secondary N) is 1. The predicted molar refractivity (Wildman–Crippen MR) is 156 cm³/mol. The maximum atomic E-state index is 11.9. The molecule has 204 valence electrons. The summed E-state index contributed by atoms with van der Waals surface area (Å²) >= 11 is 1.40. The van der Waals surface area contributed by atoms with E-state index in [4.69, 9.17) is 4.74 Å². The van der Waals surface area contributed by atoms with Crippen molar-refractivity contribution in [3.8, 4) is 0 Å². The van der Waals surface area contributed by atoms with E-state index >= 15 is 0 Å². The summed E-state index contributed by atoms with van der Waals surface area (Å²) < 4.78 is 5.37. The third-order valence-electron chi connectivity index (χ3n) is 6.96. The molecule has 1 heterocycles. The van der Waals surface area contributed by atoms with Crippen molar-refractivity contribution in [2.24, 2.45) is 0 Å². The second kappa shape index (κ2) is 21.6. The number of fused-ring (bicyclic) bond motifs is 1. The van der Waals surface area contributed by atoms with Crippen LogP contribution in [0.2, 0.25) is 0 Å². The molecule has 1 aromatic carbocycles. The lowest BCUT2D eigenvalue weighted by Gasteiger charge is -2.05. The number of thioether (sulfide) groups is 1. The summed E-state index contributed by atoms with van der Waals surface area (Å²) in [6.07, 6.45) is 27.5. The lowest BCUT2D eigenvalue weighted by molar-refractivity contribution is -0.140. The highest BCUT2D eigenvalue weighted by Gasteiger charge is 2.07.